The standard InChI is InChI=1S/C18H12BrN3O3/c1-10(22-16(23)11-6-2-3-7-12(11)17(22)24)15-14(19)18(25)21-9-5-4-8-13(21)20-15/h2-10H,1H3/t10-/m1/s1. The summed E-state index contributed by atoms with van der Waals surface area (Å²) in [4.78, 5) is 43.5. The molecule has 0 saturated carbocycles. The third-order valence-electron chi connectivity index (χ3n) is 4.31. The minimum absolute atomic E-state index is 0.236. The van der Waals surface area contributed by atoms with Crippen LogP contribution in [0, 0.1) is 0 Å². The van der Waals surface area contributed by atoms with Crippen LogP contribution >= 0.6 is 15.9 Å². The van der Waals surface area contributed by atoms with Crippen LogP contribution in [0.3, 0.4) is 0 Å². The summed E-state index contributed by atoms with van der Waals surface area (Å²) >= 11 is 3.28. The summed E-state index contributed by atoms with van der Waals surface area (Å²) in [7, 11) is 0. The highest BCUT2D eigenvalue weighted by atomic mass is 79.9. The van der Waals surface area contributed by atoms with Gasteiger partial charge in [0.15, 0.2) is 0 Å². The van der Waals surface area contributed by atoms with Crippen LogP contribution in [0.1, 0.15) is 39.4 Å². The van der Waals surface area contributed by atoms with Crippen molar-refractivity contribution in [1.82, 2.24) is 14.3 Å². The molecule has 7 heteroatoms. The van der Waals surface area contributed by atoms with E-state index in [0.29, 0.717) is 22.5 Å². The Morgan fingerprint density at radius 1 is 0.960 bits per heavy atom. The monoisotopic (exact) mass is 397 g/mol. The summed E-state index contributed by atoms with van der Waals surface area (Å²) in [5.41, 5.74) is 1.25. The van der Waals surface area contributed by atoms with E-state index in [1.165, 1.54) is 4.40 Å². The van der Waals surface area contributed by atoms with Crippen molar-refractivity contribution in [2.75, 3.05) is 0 Å². The van der Waals surface area contributed by atoms with Gasteiger partial charge in [0.05, 0.1) is 22.9 Å². The Labute approximate surface area is 150 Å². The maximum absolute atomic E-state index is 12.7. The smallest absolute Gasteiger partial charge is 0.269 e. The predicted molar refractivity (Wildman–Crippen MR) is 94.5 cm³/mol. The zero-order valence-electron chi connectivity index (χ0n) is 13.1. The average molecular weight is 398 g/mol. The van der Waals surface area contributed by atoms with Crippen molar-refractivity contribution in [2.45, 2.75) is 13.0 Å². The van der Waals surface area contributed by atoms with E-state index in [2.05, 4.69) is 20.9 Å². The number of fused-ring (bicyclic) bond motifs is 2. The minimum Gasteiger partial charge on any atom is -0.269 e. The van der Waals surface area contributed by atoms with E-state index in [9.17, 15) is 14.4 Å². The molecule has 0 saturated heterocycles. The highest BCUT2D eigenvalue weighted by molar-refractivity contribution is 9.10. The molecule has 1 aliphatic heterocycles. The van der Waals surface area contributed by atoms with E-state index in [1.807, 2.05) is 0 Å². The van der Waals surface area contributed by atoms with Crippen LogP contribution in [-0.4, -0.2) is 26.1 Å². The van der Waals surface area contributed by atoms with Crippen LogP contribution in [-0.2, 0) is 0 Å². The van der Waals surface area contributed by atoms with Gasteiger partial charge in [-0.2, -0.15) is 0 Å². The van der Waals surface area contributed by atoms with Crippen LogP contribution in [0.15, 0.2) is 57.9 Å². The molecule has 1 atom stereocenters. The number of rotatable bonds is 2. The summed E-state index contributed by atoms with van der Waals surface area (Å²) in [6, 6.07) is 11.2. The topological polar surface area (TPSA) is 71.8 Å². The van der Waals surface area contributed by atoms with Gasteiger partial charge in [0.25, 0.3) is 17.4 Å². The summed E-state index contributed by atoms with van der Waals surface area (Å²) in [5.74, 6) is -0.759. The zero-order chi connectivity index (χ0) is 17.7. The van der Waals surface area contributed by atoms with Crippen LogP contribution < -0.4 is 5.56 Å². The molecular formula is C18H12BrN3O3. The van der Waals surface area contributed by atoms with E-state index >= 15 is 0 Å². The number of nitrogens with zero attached hydrogens (tertiary/aromatic N) is 3. The average Bonchev–Trinajstić information content (AvgIpc) is 2.89. The lowest BCUT2D eigenvalue weighted by molar-refractivity contribution is 0.0591. The molecule has 0 spiro atoms. The number of pyridine rings is 1. The third kappa shape index (κ3) is 2.23. The van der Waals surface area contributed by atoms with Gasteiger partial charge in [-0.3, -0.25) is 23.7 Å². The van der Waals surface area contributed by atoms with Crippen molar-refractivity contribution in [3.63, 3.8) is 0 Å². The van der Waals surface area contributed by atoms with Crippen molar-refractivity contribution in [1.29, 1.82) is 0 Å². The first-order valence-corrected chi connectivity index (χ1v) is 8.43. The van der Waals surface area contributed by atoms with E-state index in [0.717, 1.165) is 4.90 Å². The van der Waals surface area contributed by atoms with Crippen LogP contribution in [0.4, 0.5) is 0 Å². The number of hydrogen-bond acceptors (Lipinski definition) is 4. The Balaban J connectivity index is 1.85. The lowest BCUT2D eigenvalue weighted by atomic mass is 10.1. The first-order chi connectivity index (χ1) is 12.0. The Morgan fingerprint density at radius 3 is 2.20 bits per heavy atom. The number of amides is 2. The van der Waals surface area contributed by atoms with Gasteiger partial charge in [0.1, 0.15) is 10.1 Å². The van der Waals surface area contributed by atoms with Crippen molar-refractivity contribution in [3.8, 4) is 0 Å². The molecule has 4 rings (SSSR count). The summed E-state index contributed by atoms with van der Waals surface area (Å²) in [6.07, 6.45) is 1.62. The van der Waals surface area contributed by atoms with Gasteiger partial charge in [0.2, 0.25) is 0 Å². The van der Waals surface area contributed by atoms with Crippen molar-refractivity contribution in [2.24, 2.45) is 0 Å². The lowest BCUT2D eigenvalue weighted by Crippen LogP contribution is -2.34. The van der Waals surface area contributed by atoms with E-state index in [-0.39, 0.29) is 21.8 Å². The largest absolute Gasteiger partial charge is 0.272 e. The fraction of sp³-hybridized carbons (Fsp3) is 0.111. The van der Waals surface area contributed by atoms with Crippen molar-refractivity contribution in [3.05, 3.63) is 80.3 Å². The van der Waals surface area contributed by atoms with Crippen molar-refractivity contribution < 1.29 is 9.59 Å². The highest BCUT2D eigenvalue weighted by Crippen LogP contribution is 2.32. The maximum Gasteiger partial charge on any atom is 0.272 e. The number of carbonyl (C=O) groups is 2. The number of imide groups is 1. The van der Waals surface area contributed by atoms with Crippen LogP contribution in [0.25, 0.3) is 5.65 Å². The minimum atomic E-state index is -0.681. The SMILES string of the molecule is C[C@H](c1nc2ccccn2c(=O)c1Br)N1C(=O)c2ccccc2C1=O. The molecule has 0 unspecified atom stereocenters. The molecule has 0 N–H and O–H groups in total. The first kappa shape index (κ1) is 15.7. The van der Waals surface area contributed by atoms with Gasteiger partial charge < -0.3 is 0 Å². The zero-order valence-corrected chi connectivity index (χ0v) is 14.7. The molecule has 6 nitrogen and oxygen atoms in total. The van der Waals surface area contributed by atoms with Gasteiger partial charge in [-0.25, -0.2) is 4.98 Å². The number of aromatic nitrogens is 2. The summed E-state index contributed by atoms with van der Waals surface area (Å²) in [5, 5.41) is 0. The maximum atomic E-state index is 12.7. The van der Waals surface area contributed by atoms with Gasteiger partial charge in [-0.15, -0.1) is 0 Å². The number of benzene rings is 1. The molecule has 2 aromatic heterocycles. The lowest BCUT2D eigenvalue weighted by Gasteiger charge is -2.23. The van der Waals surface area contributed by atoms with Gasteiger partial charge in [-0.1, -0.05) is 18.2 Å². The molecule has 25 heavy (non-hydrogen) atoms. The number of carbonyl (C=O) groups excluding carboxylic acids is 2. The molecule has 1 aliphatic rings. The second kappa shape index (κ2) is 5.63. The summed E-state index contributed by atoms with van der Waals surface area (Å²) < 4.78 is 1.64. The van der Waals surface area contributed by atoms with E-state index < -0.39 is 6.04 Å². The first-order valence-electron chi connectivity index (χ1n) is 7.64. The molecular weight excluding hydrogens is 386 g/mol. The Bertz CT molecular complexity index is 1070. The summed E-state index contributed by atoms with van der Waals surface area (Å²) in [6.45, 7) is 1.69. The molecule has 1 aromatic carbocycles. The quantitative estimate of drug-likeness (QED) is 0.623. The van der Waals surface area contributed by atoms with E-state index in [1.54, 1.807) is 55.6 Å². The third-order valence-corrected chi connectivity index (χ3v) is 5.06. The van der Waals surface area contributed by atoms with Gasteiger partial charge in [-0.05, 0) is 47.1 Å². The highest BCUT2D eigenvalue weighted by Gasteiger charge is 2.40. The Hall–Kier alpha value is -2.80. The van der Waals surface area contributed by atoms with E-state index in [4.69, 9.17) is 0 Å². The Kier molecular flexibility index (Phi) is 3.54. The molecule has 124 valence electrons. The second-order valence-corrected chi connectivity index (χ2v) is 6.54. The molecule has 0 fully saturated rings. The van der Waals surface area contributed by atoms with Crippen molar-refractivity contribution >= 4 is 33.4 Å². The normalized spacial score (nSPS) is 14.9. The molecule has 0 aliphatic carbocycles. The molecule has 3 heterocycles. The fourth-order valence-electron chi connectivity index (χ4n) is 3.04. The molecule has 3 aromatic rings. The number of halogens is 1. The van der Waals surface area contributed by atoms with Gasteiger partial charge in [0, 0.05) is 6.20 Å². The predicted octanol–water partition coefficient (Wildman–Crippen LogP) is 2.81. The number of hydrogen-bond donors (Lipinski definition) is 0. The molecule has 2 amide bonds. The molecule has 0 radical (unpaired) electrons. The van der Waals surface area contributed by atoms with Crippen LogP contribution in [0.5, 0.6) is 0 Å². The van der Waals surface area contributed by atoms with Crippen LogP contribution in [0.2, 0.25) is 0 Å². The Morgan fingerprint density at radius 2 is 1.56 bits per heavy atom. The molecule has 0 bridgehead atoms. The second-order valence-electron chi connectivity index (χ2n) is 5.75. The van der Waals surface area contributed by atoms with Gasteiger partial charge >= 0.3 is 0 Å². The fourth-order valence-corrected chi connectivity index (χ4v) is 3.65.